The van der Waals surface area contributed by atoms with Gasteiger partial charge in [-0.05, 0) is 81.0 Å². The number of nitrogens with one attached hydrogen (secondary N) is 1. The summed E-state index contributed by atoms with van der Waals surface area (Å²) in [6.07, 6.45) is 17.1. The Morgan fingerprint density at radius 3 is 2.11 bits per heavy atom. The lowest BCUT2D eigenvalue weighted by atomic mass is 9.95. The predicted molar refractivity (Wildman–Crippen MR) is 170 cm³/mol. The first-order chi connectivity index (χ1) is 18.4. The van der Waals surface area contributed by atoms with Crippen LogP contribution in [0.25, 0.3) is 5.57 Å². The molecule has 0 unspecified atom stereocenters. The van der Waals surface area contributed by atoms with E-state index in [1.807, 2.05) is 36.5 Å². The van der Waals surface area contributed by atoms with Gasteiger partial charge < -0.3 is 11.1 Å². The van der Waals surface area contributed by atoms with Crippen molar-refractivity contribution < 1.29 is 0 Å². The van der Waals surface area contributed by atoms with Crippen molar-refractivity contribution in [1.29, 1.82) is 0 Å². The monoisotopic (exact) mass is 517 g/mol. The van der Waals surface area contributed by atoms with Crippen molar-refractivity contribution >= 4 is 27.0 Å². The van der Waals surface area contributed by atoms with Gasteiger partial charge in [-0.25, -0.2) is 10.0 Å². The van der Waals surface area contributed by atoms with Gasteiger partial charge in [0.2, 0.25) is 0 Å². The van der Waals surface area contributed by atoms with Crippen molar-refractivity contribution in [2.45, 2.75) is 0 Å². The fourth-order valence-corrected chi connectivity index (χ4v) is 5.06. The van der Waals surface area contributed by atoms with E-state index in [4.69, 9.17) is 5.73 Å². The molecule has 0 aromatic heterocycles. The molecule has 3 N–H and O–H groups in total. The van der Waals surface area contributed by atoms with Crippen LogP contribution in [0, 0.1) is 0 Å². The SMILES string of the molecule is C=C1/C=C\C=C/S(C)(C)/C=C\C1=C\Nc1ccc(/C(=C\C(=N/CN)c2ccccc2)c2ccccc2)cc1. The molecule has 1 heterocycles. The van der Waals surface area contributed by atoms with E-state index >= 15 is 0 Å². The standard InChI is InChI=1S/C34H35N3S/c1-27-12-10-11-22-38(2,3)23-21-31(27)25-36-32-19-17-29(18-20-32)33(28-13-6-4-7-14-28)24-34(37-26-35)30-15-8-5-9-16-30/h4-25,36H,1,26,35H2,2-3H3/b12-10-,22-11-,23-21-,31-25-,33-24-,37-34+. The molecule has 38 heavy (non-hydrogen) atoms. The van der Waals surface area contributed by atoms with Crippen molar-refractivity contribution in [3.8, 4) is 0 Å². The van der Waals surface area contributed by atoms with Gasteiger partial charge in [0.1, 0.15) is 0 Å². The molecule has 1 aliphatic heterocycles. The van der Waals surface area contributed by atoms with Crippen LogP contribution in [0.1, 0.15) is 16.7 Å². The Bertz CT molecular complexity index is 1420. The molecule has 0 radical (unpaired) electrons. The van der Waals surface area contributed by atoms with Gasteiger partial charge in [-0.15, -0.1) is 0 Å². The molecular formula is C34H35N3S. The Hall–Kier alpha value is -4.12. The number of hydrogen-bond donors (Lipinski definition) is 2. The first kappa shape index (κ1) is 26.9. The predicted octanol–water partition coefficient (Wildman–Crippen LogP) is 8.04. The lowest BCUT2D eigenvalue weighted by Gasteiger charge is -2.21. The van der Waals surface area contributed by atoms with Gasteiger partial charge in [0.15, 0.2) is 0 Å². The summed E-state index contributed by atoms with van der Waals surface area (Å²) in [6.45, 7) is 4.47. The number of allylic oxidation sites excluding steroid dienone is 7. The highest BCUT2D eigenvalue weighted by Gasteiger charge is 2.09. The summed E-state index contributed by atoms with van der Waals surface area (Å²) >= 11 is 0. The Balaban J connectivity index is 1.65. The normalized spacial score (nSPS) is 20.1. The highest BCUT2D eigenvalue weighted by atomic mass is 32.3. The quantitative estimate of drug-likeness (QED) is 0.312. The van der Waals surface area contributed by atoms with E-state index in [1.54, 1.807) is 0 Å². The zero-order valence-electron chi connectivity index (χ0n) is 22.0. The molecule has 4 rings (SSSR count). The van der Waals surface area contributed by atoms with Crippen LogP contribution in [0.4, 0.5) is 5.69 Å². The molecule has 0 atom stereocenters. The number of rotatable bonds is 7. The summed E-state index contributed by atoms with van der Waals surface area (Å²) in [6, 6.07) is 29.0. The average Bonchev–Trinajstić information content (AvgIpc) is 3.00. The Kier molecular flexibility index (Phi) is 9.15. The zero-order chi connectivity index (χ0) is 26.8. The van der Waals surface area contributed by atoms with Crippen LogP contribution < -0.4 is 11.1 Å². The minimum absolute atomic E-state index is 0.226. The maximum absolute atomic E-state index is 5.84. The second-order valence-corrected chi connectivity index (χ2v) is 12.9. The van der Waals surface area contributed by atoms with Gasteiger partial charge in [0.05, 0.1) is 12.4 Å². The molecule has 0 aliphatic carbocycles. The minimum atomic E-state index is -0.927. The summed E-state index contributed by atoms with van der Waals surface area (Å²) in [5.41, 5.74) is 14.1. The maximum Gasteiger partial charge on any atom is 0.0866 e. The van der Waals surface area contributed by atoms with Crippen LogP contribution >= 0.6 is 10.0 Å². The van der Waals surface area contributed by atoms with Gasteiger partial charge in [0, 0.05) is 11.9 Å². The summed E-state index contributed by atoms with van der Waals surface area (Å²) in [5.74, 6) is 0. The second kappa shape index (κ2) is 12.9. The van der Waals surface area contributed by atoms with E-state index in [-0.39, 0.29) is 6.67 Å². The van der Waals surface area contributed by atoms with Crippen LogP contribution in [0.3, 0.4) is 0 Å². The van der Waals surface area contributed by atoms with Crippen LogP contribution in [0.5, 0.6) is 0 Å². The molecule has 1 aliphatic rings. The van der Waals surface area contributed by atoms with Crippen molar-refractivity contribution in [3.05, 3.63) is 167 Å². The molecule has 0 fully saturated rings. The summed E-state index contributed by atoms with van der Waals surface area (Å²) in [5, 5.41) is 8.00. The van der Waals surface area contributed by atoms with Crippen molar-refractivity contribution in [3.63, 3.8) is 0 Å². The fourth-order valence-electron chi connectivity index (χ4n) is 3.98. The van der Waals surface area contributed by atoms with Crippen molar-refractivity contribution in [1.82, 2.24) is 0 Å². The third-order valence-electron chi connectivity index (χ3n) is 6.09. The average molecular weight is 518 g/mol. The van der Waals surface area contributed by atoms with E-state index in [9.17, 15) is 0 Å². The smallest absolute Gasteiger partial charge is 0.0866 e. The topological polar surface area (TPSA) is 50.4 Å². The van der Waals surface area contributed by atoms with Crippen LogP contribution in [-0.2, 0) is 0 Å². The molecule has 0 bridgehead atoms. The first-order valence-electron chi connectivity index (χ1n) is 12.5. The molecule has 3 nitrogen and oxygen atoms in total. The fraction of sp³-hybridized carbons (Fsp3) is 0.0882. The number of aliphatic imine (C=N–C) groups is 1. The molecule has 0 saturated heterocycles. The van der Waals surface area contributed by atoms with Gasteiger partial charge >= 0.3 is 0 Å². The first-order valence-corrected chi connectivity index (χ1v) is 15.1. The third-order valence-corrected chi connectivity index (χ3v) is 7.79. The van der Waals surface area contributed by atoms with Crippen LogP contribution in [-0.4, -0.2) is 24.9 Å². The number of anilines is 1. The number of benzene rings is 3. The highest BCUT2D eigenvalue weighted by Crippen LogP contribution is 2.44. The molecule has 192 valence electrons. The second-order valence-electron chi connectivity index (χ2n) is 9.34. The number of nitrogens with two attached hydrogens (primary N) is 1. The van der Waals surface area contributed by atoms with Gasteiger partial charge in [-0.1, -0.05) is 97.6 Å². The minimum Gasteiger partial charge on any atom is -0.361 e. The number of hydrogen-bond acceptors (Lipinski definition) is 3. The molecule has 3 aromatic carbocycles. The Labute approximate surface area is 228 Å². The molecule has 4 heteroatoms. The zero-order valence-corrected chi connectivity index (χ0v) is 22.9. The highest BCUT2D eigenvalue weighted by molar-refractivity contribution is 8.37. The van der Waals surface area contributed by atoms with Gasteiger partial charge in [0.25, 0.3) is 0 Å². The Morgan fingerprint density at radius 1 is 0.816 bits per heavy atom. The largest absolute Gasteiger partial charge is 0.361 e. The Morgan fingerprint density at radius 2 is 1.45 bits per heavy atom. The molecule has 0 amide bonds. The maximum atomic E-state index is 5.84. The van der Waals surface area contributed by atoms with E-state index < -0.39 is 10.0 Å². The van der Waals surface area contributed by atoms with Gasteiger partial charge in [-0.3, -0.25) is 4.99 Å². The summed E-state index contributed by atoms with van der Waals surface area (Å²) in [7, 11) is -0.927. The third kappa shape index (κ3) is 7.45. The molecule has 3 aromatic rings. The summed E-state index contributed by atoms with van der Waals surface area (Å²) < 4.78 is 0. The number of nitrogens with zero attached hydrogens (tertiary/aromatic N) is 1. The molecular weight excluding hydrogens is 482 g/mol. The van der Waals surface area contributed by atoms with E-state index in [0.717, 1.165) is 44.8 Å². The van der Waals surface area contributed by atoms with E-state index in [1.165, 1.54) is 0 Å². The van der Waals surface area contributed by atoms with Crippen LogP contribution in [0.2, 0.25) is 0 Å². The van der Waals surface area contributed by atoms with Gasteiger partial charge in [-0.2, -0.15) is 0 Å². The lowest BCUT2D eigenvalue weighted by molar-refractivity contribution is 1.07. The molecule has 0 spiro atoms. The summed E-state index contributed by atoms with van der Waals surface area (Å²) in [4.78, 5) is 4.60. The molecule has 0 saturated carbocycles. The van der Waals surface area contributed by atoms with E-state index in [2.05, 4.69) is 125 Å². The van der Waals surface area contributed by atoms with Crippen molar-refractivity contribution in [2.75, 3.05) is 24.5 Å². The van der Waals surface area contributed by atoms with Crippen molar-refractivity contribution in [2.24, 2.45) is 10.7 Å². The van der Waals surface area contributed by atoms with Crippen LogP contribution in [0.15, 0.2) is 155 Å². The lowest BCUT2D eigenvalue weighted by Crippen LogP contribution is -2.05. The van der Waals surface area contributed by atoms with E-state index in [0.29, 0.717) is 0 Å².